The van der Waals surface area contributed by atoms with Gasteiger partial charge in [0.1, 0.15) is 0 Å². The predicted octanol–water partition coefficient (Wildman–Crippen LogP) is 4.53. The van der Waals surface area contributed by atoms with Gasteiger partial charge in [-0.25, -0.2) is 0 Å². The van der Waals surface area contributed by atoms with E-state index < -0.39 is 0 Å². The normalized spacial score (nSPS) is 22.6. The number of benzene rings is 2. The molecule has 2 bridgehead atoms. The number of para-hydroxylation sites is 1. The Bertz CT molecular complexity index is 865. The Morgan fingerprint density at radius 2 is 1.78 bits per heavy atom. The van der Waals surface area contributed by atoms with E-state index in [0.717, 1.165) is 28.3 Å². The van der Waals surface area contributed by atoms with Crippen LogP contribution in [0.2, 0.25) is 0 Å². The molecule has 1 N–H and O–H groups in total. The fourth-order valence-electron chi connectivity index (χ4n) is 3.76. The molecular weight excluding hydrogens is 358 g/mol. The highest BCUT2D eigenvalue weighted by Crippen LogP contribution is 2.43. The summed E-state index contributed by atoms with van der Waals surface area (Å²) in [7, 11) is 0. The molecule has 2 aromatic rings. The molecule has 27 heavy (non-hydrogen) atoms. The van der Waals surface area contributed by atoms with E-state index in [2.05, 4.69) is 17.5 Å². The van der Waals surface area contributed by atoms with Crippen LogP contribution in [0.5, 0.6) is 0 Å². The highest BCUT2D eigenvalue weighted by molar-refractivity contribution is 7.99. The lowest BCUT2D eigenvalue weighted by atomic mass is 9.94. The van der Waals surface area contributed by atoms with Crippen molar-refractivity contribution < 1.29 is 14.3 Å². The average molecular weight is 379 g/mol. The van der Waals surface area contributed by atoms with Crippen LogP contribution in [-0.2, 0) is 14.3 Å². The number of esters is 1. The zero-order valence-electron chi connectivity index (χ0n) is 14.8. The van der Waals surface area contributed by atoms with Crippen molar-refractivity contribution in [1.29, 1.82) is 0 Å². The van der Waals surface area contributed by atoms with Crippen LogP contribution in [0.15, 0.2) is 76.5 Å². The number of amides is 1. The van der Waals surface area contributed by atoms with E-state index in [0.29, 0.717) is 5.92 Å². The van der Waals surface area contributed by atoms with Crippen molar-refractivity contribution in [3.05, 3.63) is 66.7 Å². The SMILES string of the molecule is O=C(COC(=O)[C@@H]1C[C@@H]2C=C[C@H]1C2)Nc1ccccc1Sc1ccccc1. The maximum atomic E-state index is 12.3. The fourth-order valence-corrected chi connectivity index (χ4v) is 4.68. The van der Waals surface area contributed by atoms with Crippen LogP contribution in [0.1, 0.15) is 12.8 Å². The lowest BCUT2D eigenvalue weighted by Gasteiger charge is -2.16. The van der Waals surface area contributed by atoms with Crippen LogP contribution >= 0.6 is 11.8 Å². The molecular formula is C22H21NO3S. The van der Waals surface area contributed by atoms with Crippen molar-refractivity contribution in [3.8, 4) is 0 Å². The van der Waals surface area contributed by atoms with E-state index in [4.69, 9.17) is 4.74 Å². The first-order valence-corrected chi connectivity index (χ1v) is 9.97. The number of rotatable bonds is 6. The van der Waals surface area contributed by atoms with Gasteiger partial charge in [0.25, 0.3) is 5.91 Å². The minimum absolute atomic E-state index is 0.0891. The quantitative estimate of drug-likeness (QED) is 0.592. The summed E-state index contributed by atoms with van der Waals surface area (Å²) in [6, 6.07) is 17.6. The molecule has 1 saturated carbocycles. The fraction of sp³-hybridized carbons (Fsp3) is 0.273. The van der Waals surface area contributed by atoms with E-state index in [1.54, 1.807) is 11.8 Å². The third-order valence-electron chi connectivity index (χ3n) is 5.06. The van der Waals surface area contributed by atoms with Gasteiger partial charge in [0.15, 0.2) is 6.61 Å². The minimum Gasteiger partial charge on any atom is -0.455 e. The van der Waals surface area contributed by atoms with E-state index >= 15 is 0 Å². The molecule has 4 nitrogen and oxygen atoms in total. The molecule has 0 spiro atoms. The molecule has 0 unspecified atom stereocenters. The van der Waals surface area contributed by atoms with E-state index in [-0.39, 0.29) is 30.3 Å². The van der Waals surface area contributed by atoms with Gasteiger partial charge in [-0.15, -0.1) is 0 Å². The Labute approximate surface area is 163 Å². The predicted molar refractivity (Wildman–Crippen MR) is 105 cm³/mol. The van der Waals surface area contributed by atoms with E-state index in [1.165, 1.54) is 0 Å². The van der Waals surface area contributed by atoms with Gasteiger partial charge < -0.3 is 10.1 Å². The topological polar surface area (TPSA) is 55.4 Å². The Morgan fingerprint density at radius 3 is 2.52 bits per heavy atom. The van der Waals surface area contributed by atoms with Gasteiger partial charge in [-0.05, 0) is 48.9 Å². The van der Waals surface area contributed by atoms with Crippen LogP contribution in [0.3, 0.4) is 0 Å². The molecule has 0 heterocycles. The van der Waals surface area contributed by atoms with Gasteiger partial charge >= 0.3 is 5.97 Å². The molecule has 1 fully saturated rings. The number of fused-ring (bicyclic) bond motifs is 2. The van der Waals surface area contributed by atoms with Gasteiger partial charge in [-0.2, -0.15) is 0 Å². The van der Waals surface area contributed by atoms with Crippen molar-refractivity contribution in [2.45, 2.75) is 22.6 Å². The third-order valence-corrected chi connectivity index (χ3v) is 6.14. The Balaban J connectivity index is 1.33. The summed E-state index contributed by atoms with van der Waals surface area (Å²) in [4.78, 5) is 26.6. The highest BCUT2D eigenvalue weighted by atomic mass is 32.2. The summed E-state index contributed by atoms with van der Waals surface area (Å²) in [5, 5.41) is 2.86. The molecule has 5 heteroatoms. The summed E-state index contributed by atoms with van der Waals surface area (Å²) in [6.45, 7) is -0.249. The van der Waals surface area contributed by atoms with Crippen molar-refractivity contribution >= 4 is 29.3 Å². The first-order valence-electron chi connectivity index (χ1n) is 9.16. The maximum absolute atomic E-state index is 12.3. The van der Waals surface area contributed by atoms with E-state index in [9.17, 15) is 9.59 Å². The van der Waals surface area contributed by atoms with Crippen LogP contribution < -0.4 is 5.32 Å². The Hall–Kier alpha value is -2.53. The second-order valence-corrected chi connectivity index (χ2v) is 8.07. The number of carbonyl (C=O) groups is 2. The zero-order valence-corrected chi connectivity index (χ0v) is 15.7. The Kier molecular flexibility index (Phi) is 5.30. The van der Waals surface area contributed by atoms with Crippen molar-refractivity contribution in [1.82, 2.24) is 0 Å². The van der Waals surface area contributed by atoms with Gasteiger partial charge in [0.05, 0.1) is 11.6 Å². The van der Waals surface area contributed by atoms with Gasteiger partial charge in [-0.3, -0.25) is 9.59 Å². The molecule has 0 saturated heterocycles. The lowest BCUT2D eigenvalue weighted by Crippen LogP contribution is -2.26. The standard InChI is InChI=1S/C22H21NO3S/c24-21(14-26-22(25)18-13-15-10-11-16(18)12-15)23-19-8-4-5-9-20(19)27-17-6-2-1-3-7-17/h1-11,15-16,18H,12-14H2,(H,23,24)/t15-,16+,18-/m1/s1. The summed E-state index contributed by atoms with van der Waals surface area (Å²) < 4.78 is 5.28. The van der Waals surface area contributed by atoms with Crippen LogP contribution in [0, 0.1) is 17.8 Å². The van der Waals surface area contributed by atoms with Crippen molar-refractivity contribution in [3.63, 3.8) is 0 Å². The molecule has 0 radical (unpaired) electrons. The highest BCUT2D eigenvalue weighted by Gasteiger charge is 2.40. The number of carbonyl (C=O) groups excluding carboxylic acids is 2. The van der Waals surface area contributed by atoms with Crippen molar-refractivity contribution in [2.75, 3.05) is 11.9 Å². The molecule has 138 valence electrons. The van der Waals surface area contributed by atoms with Gasteiger partial charge in [0.2, 0.25) is 0 Å². The number of hydrogen-bond acceptors (Lipinski definition) is 4. The van der Waals surface area contributed by atoms with Gasteiger partial charge in [0, 0.05) is 9.79 Å². The number of allylic oxidation sites excluding steroid dienone is 2. The summed E-state index contributed by atoms with van der Waals surface area (Å²) in [5.41, 5.74) is 0.718. The number of ether oxygens (including phenoxy) is 1. The molecule has 0 aliphatic heterocycles. The molecule has 2 aliphatic rings. The summed E-state index contributed by atoms with van der Waals surface area (Å²) in [6.07, 6.45) is 6.17. The Morgan fingerprint density at radius 1 is 1.00 bits per heavy atom. The molecule has 2 aromatic carbocycles. The molecule has 4 rings (SSSR count). The molecule has 3 atom stereocenters. The number of nitrogens with one attached hydrogen (secondary N) is 1. The van der Waals surface area contributed by atoms with Crippen LogP contribution in [0.4, 0.5) is 5.69 Å². The van der Waals surface area contributed by atoms with Crippen LogP contribution in [0.25, 0.3) is 0 Å². The van der Waals surface area contributed by atoms with E-state index in [1.807, 2.05) is 54.6 Å². The molecule has 0 aromatic heterocycles. The smallest absolute Gasteiger partial charge is 0.310 e. The molecule has 1 amide bonds. The first-order chi connectivity index (χ1) is 13.2. The summed E-state index contributed by atoms with van der Waals surface area (Å²) >= 11 is 1.58. The second-order valence-electron chi connectivity index (χ2n) is 6.95. The molecule has 2 aliphatic carbocycles. The van der Waals surface area contributed by atoms with Crippen LogP contribution in [-0.4, -0.2) is 18.5 Å². The monoisotopic (exact) mass is 379 g/mol. The third kappa shape index (κ3) is 4.25. The largest absolute Gasteiger partial charge is 0.455 e. The average Bonchev–Trinajstić information content (AvgIpc) is 3.32. The lowest BCUT2D eigenvalue weighted by molar-refractivity contribution is -0.152. The summed E-state index contributed by atoms with van der Waals surface area (Å²) in [5.74, 6) is 0.127. The minimum atomic E-state index is -0.317. The second kappa shape index (κ2) is 8.01. The number of anilines is 1. The van der Waals surface area contributed by atoms with Gasteiger partial charge in [-0.1, -0.05) is 54.2 Å². The first kappa shape index (κ1) is 17.9. The maximum Gasteiger partial charge on any atom is 0.310 e. The zero-order chi connectivity index (χ0) is 18.6. The van der Waals surface area contributed by atoms with Crippen molar-refractivity contribution in [2.24, 2.45) is 17.8 Å². The number of hydrogen-bond donors (Lipinski definition) is 1.